The zero-order chi connectivity index (χ0) is 49.1. The number of ether oxygens (including phenoxy) is 6. The summed E-state index contributed by atoms with van der Waals surface area (Å²) in [5.74, 6) is -1.07. The Bertz CT molecular complexity index is 1830. The van der Waals surface area contributed by atoms with Gasteiger partial charge in [0.15, 0.2) is 12.6 Å². The largest absolute Gasteiger partial charge is 0.432 e. The molecule has 4 saturated carbocycles. The Hall–Kier alpha value is -1.47. The molecule has 25 atom stereocenters. The van der Waals surface area contributed by atoms with Gasteiger partial charge in [-0.15, -0.1) is 0 Å². The van der Waals surface area contributed by atoms with E-state index in [-0.39, 0.29) is 35.2 Å². The van der Waals surface area contributed by atoms with E-state index in [4.69, 9.17) is 28.4 Å². The molecule has 12 N–H and O–H groups in total. The third-order valence-electron chi connectivity index (χ3n) is 19.3. The molecule has 384 valence electrons. The number of hydrogen-bond donors (Lipinski definition) is 12. The molecule has 25 unspecified atom stereocenters. The van der Waals surface area contributed by atoms with Crippen LogP contribution in [0.1, 0.15) is 106 Å². The lowest BCUT2D eigenvalue weighted by Gasteiger charge is -2.72. The molecule has 3 saturated heterocycles. The van der Waals surface area contributed by atoms with E-state index in [9.17, 15) is 66.1 Å². The molecule has 3 heterocycles. The summed E-state index contributed by atoms with van der Waals surface area (Å²) in [6, 6.07) is 0. The molecule has 8 aliphatic rings. The molecule has 7 fully saturated rings. The van der Waals surface area contributed by atoms with Crippen molar-refractivity contribution in [3.05, 3.63) is 11.6 Å². The fourth-order valence-corrected chi connectivity index (χ4v) is 15.0. The highest BCUT2D eigenvalue weighted by atomic mass is 16.8. The quantitative estimate of drug-likeness (QED) is 0.0986. The van der Waals surface area contributed by atoms with Gasteiger partial charge in [0.2, 0.25) is 6.29 Å². The minimum Gasteiger partial charge on any atom is -0.432 e. The molecule has 0 bridgehead atoms. The van der Waals surface area contributed by atoms with Crippen LogP contribution in [-0.4, -0.2) is 191 Å². The Kier molecular flexibility index (Phi) is 14.1. The van der Waals surface area contributed by atoms with Crippen LogP contribution in [-0.2, 0) is 33.2 Å². The first-order valence-corrected chi connectivity index (χ1v) is 24.4. The fourth-order valence-electron chi connectivity index (χ4n) is 15.0. The topological polar surface area (TPSA) is 315 Å². The molecule has 8 rings (SSSR count). The molecule has 0 amide bonds. The number of aliphatic hydroxyl groups is 12. The third-order valence-corrected chi connectivity index (χ3v) is 19.3. The van der Waals surface area contributed by atoms with E-state index >= 15 is 0 Å². The van der Waals surface area contributed by atoms with Crippen molar-refractivity contribution in [1.29, 1.82) is 0 Å². The Balaban J connectivity index is 0.985. The van der Waals surface area contributed by atoms with Gasteiger partial charge in [0.1, 0.15) is 67.1 Å². The van der Waals surface area contributed by atoms with Gasteiger partial charge in [-0.3, -0.25) is 4.79 Å². The normalized spacial score (nSPS) is 55.2. The van der Waals surface area contributed by atoms with Crippen LogP contribution in [0.4, 0.5) is 0 Å². The summed E-state index contributed by atoms with van der Waals surface area (Å²) < 4.78 is 34.7. The smallest absolute Gasteiger partial charge is 0.315 e. The minimum atomic E-state index is -1.87. The van der Waals surface area contributed by atoms with Crippen LogP contribution in [0.2, 0.25) is 0 Å². The predicted octanol–water partition coefficient (Wildman–Crippen LogP) is -0.889. The second-order valence-corrected chi connectivity index (χ2v) is 23.5. The van der Waals surface area contributed by atoms with E-state index in [1.165, 1.54) is 6.92 Å². The van der Waals surface area contributed by atoms with Crippen molar-refractivity contribution < 1.29 is 94.5 Å². The highest BCUT2D eigenvalue weighted by Crippen LogP contribution is 2.76. The summed E-state index contributed by atoms with van der Waals surface area (Å²) in [6.07, 6.45) is -18.3. The lowest BCUT2D eigenvalue weighted by atomic mass is 9.33. The number of rotatable bonds is 9. The zero-order valence-corrected chi connectivity index (χ0v) is 39.8. The van der Waals surface area contributed by atoms with E-state index in [0.717, 1.165) is 5.57 Å². The Labute approximate surface area is 392 Å². The predicted molar refractivity (Wildman–Crippen MR) is 232 cm³/mol. The lowest BCUT2D eigenvalue weighted by Crippen LogP contribution is -2.69. The number of fused-ring (bicyclic) bond motifs is 7. The average molecular weight is 959 g/mol. The highest BCUT2D eigenvalue weighted by Gasteiger charge is 2.72. The van der Waals surface area contributed by atoms with Gasteiger partial charge in [0.25, 0.3) is 0 Å². The zero-order valence-electron chi connectivity index (χ0n) is 39.8. The average Bonchev–Trinajstić information content (AvgIpc) is 3.27. The summed E-state index contributed by atoms with van der Waals surface area (Å²) in [4.78, 5) is 15.0. The second kappa shape index (κ2) is 18.2. The molecular weight excluding hydrogens is 881 g/mol. The first kappa shape index (κ1) is 51.9. The molecule has 5 aliphatic carbocycles. The molecule has 0 spiro atoms. The molecule has 19 heteroatoms. The fraction of sp³-hybridized carbons (Fsp3) is 0.938. The lowest BCUT2D eigenvalue weighted by molar-refractivity contribution is -0.361. The maximum atomic E-state index is 15.0. The third kappa shape index (κ3) is 8.10. The summed E-state index contributed by atoms with van der Waals surface area (Å²) in [5.41, 5.74) is -2.09. The molecule has 67 heavy (non-hydrogen) atoms. The Morgan fingerprint density at radius 1 is 0.701 bits per heavy atom. The van der Waals surface area contributed by atoms with Gasteiger partial charge >= 0.3 is 5.97 Å². The van der Waals surface area contributed by atoms with Gasteiger partial charge in [-0.05, 0) is 98.2 Å². The number of hydrogen-bond acceptors (Lipinski definition) is 19. The summed E-state index contributed by atoms with van der Waals surface area (Å²) in [5, 5.41) is 130. The van der Waals surface area contributed by atoms with Crippen LogP contribution in [0.5, 0.6) is 0 Å². The van der Waals surface area contributed by atoms with Gasteiger partial charge in [-0.25, -0.2) is 0 Å². The van der Waals surface area contributed by atoms with Crippen LogP contribution in [0.25, 0.3) is 0 Å². The molecule has 0 aromatic heterocycles. The van der Waals surface area contributed by atoms with E-state index in [1.54, 1.807) is 0 Å². The molecule has 19 nitrogen and oxygen atoms in total. The first-order valence-electron chi connectivity index (χ1n) is 24.4. The maximum absolute atomic E-state index is 15.0. The van der Waals surface area contributed by atoms with Crippen LogP contribution < -0.4 is 0 Å². The van der Waals surface area contributed by atoms with Crippen molar-refractivity contribution in [2.24, 2.45) is 50.2 Å². The van der Waals surface area contributed by atoms with Gasteiger partial charge in [0, 0.05) is 11.3 Å². The van der Waals surface area contributed by atoms with Crippen LogP contribution >= 0.6 is 0 Å². The van der Waals surface area contributed by atoms with Crippen molar-refractivity contribution >= 4 is 5.97 Å². The van der Waals surface area contributed by atoms with E-state index in [1.807, 2.05) is 6.92 Å². The molecular formula is C48H78O19. The maximum Gasteiger partial charge on any atom is 0.315 e. The van der Waals surface area contributed by atoms with E-state index in [0.29, 0.717) is 57.8 Å². The summed E-state index contributed by atoms with van der Waals surface area (Å²) in [6.45, 7) is 12.8. The Morgan fingerprint density at radius 3 is 2.00 bits per heavy atom. The van der Waals surface area contributed by atoms with Crippen molar-refractivity contribution in [2.75, 3.05) is 19.8 Å². The number of esters is 1. The second-order valence-electron chi connectivity index (χ2n) is 23.5. The van der Waals surface area contributed by atoms with Gasteiger partial charge in [0.05, 0.1) is 43.5 Å². The van der Waals surface area contributed by atoms with E-state index < -0.39 is 145 Å². The summed E-state index contributed by atoms with van der Waals surface area (Å²) in [7, 11) is 0. The van der Waals surface area contributed by atoms with Crippen molar-refractivity contribution in [3.63, 3.8) is 0 Å². The SMILES string of the molecule is CC1OC(OC2C(CO)OC(OCC3OC(OC(=O)C45CCC(C)(C)CC4C4=CCC6C7(C)CCC(O)C(C)(CO)C7C(O)CC6(C)C4(C)CC5)C(O)C(O)C3O)C(O)C2O)C(O)C(O)C1O. The van der Waals surface area contributed by atoms with Crippen molar-refractivity contribution in [3.8, 4) is 0 Å². The number of allylic oxidation sites excluding steroid dienone is 2. The standard InChI is InChI=1S/C48H78O19/c1-21-29(53)31(55)34(58)40(63-21)66-37-25(18-49)64-39(36(60)33(37)57)62-19-26-30(54)32(56)35(59)41(65-26)67-42(61)48-14-12-43(2,3)16-23(48)22-8-9-27-44(4)11-10-28(52)45(5,20-50)38(44)24(51)17-47(27,7)46(22,6)13-15-48/h8,21,23-41,49-60H,9-20H2,1-7H3. The van der Waals surface area contributed by atoms with Gasteiger partial charge in [-0.2, -0.15) is 0 Å². The van der Waals surface area contributed by atoms with Crippen LogP contribution in [0.3, 0.4) is 0 Å². The van der Waals surface area contributed by atoms with Crippen LogP contribution in [0, 0.1) is 50.2 Å². The molecule has 3 aliphatic heterocycles. The first-order chi connectivity index (χ1) is 31.2. The molecule has 0 radical (unpaired) electrons. The van der Waals surface area contributed by atoms with E-state index in [2.05, 4.69) is 40.7 Å². The number of carbonyl (C=O) groups is 1. The Morgan fingerprint density at radius 2 is 1.33 bits per heavy atom. The summed E-state index contributed by atoms with van der Waals surface area (Å²) >= 11 is 0. The monoisotopic (exact) mass is 959 g/mol. The number of carbonyl (C=O) groups excluding carboxylic acids is 1. The van der Waals surface area contributed by atoms with Gasteiger partial charge in [-0.1, -0.05) is 53.2 Å². The molecule has 0 aromatic carbocycles. The van der Waals surface area contributed by atoms with Gasteiger partial charge < -0.3 is 89.7 Å². The van der Waals surface area contributed by atoms with Crippen molar-refractivity contribution in [1.82, 2.24) is 0 Å². The van der Waals surface area contributed by atoms with Crippen molar-refractivity contribution in [2.45, 2.75) is 211 Å². The molecule has 0 aromatic rings. The minimum absolute atomic E-state index is 0.127. The number of aliphatic hydroxyl groups excluding tert-OH is 12. The highest BCUT2D eigenvalue weighted by molar-refractivity contribution is 5.79. The van der Waals surface area contributed by atoms with Crippen LogP contribution in [0.15, 0.2) is 11.6 Å².